The number of ether oxygens (including phenoxy) is 3. The molecule has 1 heterocycles. The average Bonchev–Trinajstić information content (AvgIpc) is 2.81. The lowest BCUT2D eigenvalue weighted by Gasteiger charge is -2.08. The van der Waals surface area contributed by atoms with E-state index in [0.717, 1.165) is 18.9 Å². The van der Waals surface area contributed by atoms with Crippen LogP contribution >= 0.6 is 0 Å². The van der Waals surface area contributed by atoms with Crippen LogP contribution in [0.4, 0.5) is 0 Å². The van der Waals surface area contributed by atoms with Gasteiger partial charge in [-0.2, -0.15) is 0 Å². The zero-order chi connectivity index (χ0) is 13.1. The molecule has 0 fully saturated rings. The first-order valence-corrected chi connectivity index (χ1v) is 6.17. The summed E-state index contributed by atoms with van der Waals surface area (Å²) in [5.74, 6) is 1.03. The van der Waals surface area contributed by atoms with E-state index < -0.39 is 0 Å². The predicted molar refractivity (Wildman–Crippen MR) is 68.5 cm³/mol. The van der Waals surface area contributed by atoms with Gasteiger partial charge in [-0.05, 0) is 7.05 Å². The number of hydrogen-bond donors (Lipinski definition) is 1. The predicted octanol–water partition coefficient (Wildman–Crippen LogP) is 0.282. The summed E-state index contributed by atoms with van der Waals surface area (Å²) < 4.78 is 17.7. The summed E-state index contributed by atoms with van der Waals surface area (Å²) in [6, 6.07) is 0. The van der Waals surface area contributed by atoms with Gasteiger partial charge in [0.2, 0.25) is 0 Å². The SMILES string of the molecule is CNCc1nccn1CCOCCOCCOC. The number of imidazole rings is 1. The largest absolute Gasteiger partial charge is 0.382 e. The number of aromatic nitrogens is 2. The molecule has 0 spiro atoms. The Hall–Kier alpha value is -0.950. The van der Waals surface area contributed by atoms with Gasteiger partial charge in [0.05, 0.1) is 39.6 Å². The van der Waals surface area contributed by atoms with Gasteiger partial charge in [0.15, 0.2) is 0 Å². The van der Waals surface area contributed by atoms with E-state index in [4.69, 9.17) is 14.2 Å². The summed E-state index contributed by atoms with van der Waals surface area (Å²) in [6.45, 7) is 4.72. The Morgan fingerprint density at radius 3 is 2.61 bits per heavy atom. The summed E-state index contributed by atoms with van der Waals surface area (Å²) in [4.78, 5) is 4.26. The van der Waals surface area contributed by atoms with E-state index in [2.05, 4.69) is 14.9 Å². The van der Waals surface area contributed by atoms with E-state index in [0.29, 0.717) is 33.0 Å². The van der Waals surface area contributed by atoms with Crippen molar-refractivity contribution in [1.29, 1.82) is 0 Å². The molecule has 6 heteroatoms. The molecule has 0 bridgehead atoms. The maximum atomic E-state index is 5.49. The van der Waals surface area contributed by atoms with Crippen LogP contribution in [0.1, 0.15) is 5.82 Å². The summed E-state index contributed by atoms with van der Waals surface area (Å²) in [6.07, 6.45) is 3.77. The molecule has 0 amide bonds. The fraction of sp³-hybridized carbons (Fsp3) is 0.750. The quantitative estimate of drug-likeness (QED) is 0.577. The maximum Gasteiger partial charge on any atom is 0.122 e. The van der Waals surface area contributed by atoms with E-state index in [1.165, 1.54) is 0 Å². The van der Waals surface area contributed by atoms with Gasteiger partial charge >= 0.3 is 0 Å². The van der Waals surface area contributed by atoms with Gasteiger partial charge in [-0.25, -0.2) is 4.98 Å². The Bertz CT molecular complexity index is 305. The third kappa shape index (κ3) is 6.11. The molecule has 0 atom stereocenters. The number of nitrogens with one attached hydrogen (secondary N) is 1. The highest BCUT2D eigenvalue weighted by molar-refractivity contribution is 4.91. The van der Waals surface area contributed by atoms with E-state index >= 15 is 0 Å². The van der Waals surface area contributed by atoms with E-state index in [-0.39, 0.29) is 0 Å². The van der Waals surface area contributed by atoms with E-state index in [9.17, 15) is 0 Å². The lowest BCUT2D eigenvalue weighted by atomic mass is 10.5. The third-order valence-corrected chi connectivity index (χ3v) is 2.42. The van der Waals surface area contributed by atoms with Gasteiger partial charge in [0.25, 0.3) is 0 Å². The Kier molecular flexibility index (Phi) is 8.41. The van der Waals surface area contributed by atoms with Crippen molar-refractivity contribution in [3.63, 3.8) is 0 Å². The van der Waals surface area contributed by atoms with Gasteiger partial charge < -0.3 is 24.1 Å². The number of hydrogen-bond acceptors (Lipinski definition) is 5. The van der Waals surface area contributed by atoms with Crippen molar-refractivity contribution in [2.45, 2.75) is 13.1 Å². The molecule has 1 rings (SSSR count). The highest BCUT2D eigenvalue weighted by Crippen LogP contribution is 1.97. The van der Waals surface area contributed by atoms with Gasteiger partial charge in [0, 0.05) is 26.0 Å². The van der Waals surface area contributed by atoms with Crippen LogP contribution in [0.5, 0.6) is 0 Å². The molecule has 1 N–H and O–H groups in total. The minimum Gasteiger partial charge on any atom is -0.382 e. The van der Waals surface area contributed by atoms with Crippen molar-refractivity contribution >= 4 is 0 Å². The van der Waals surface area contributed by atoms with Crippen LogP contribution in [0.25, 0.3) is 0 Å². The van der Waals surface area contributed by atoms with Crippen molar-refractivity contribution in [1.82, 2.24) is 14.9 Å². The van der Waals surface area contributed by atoms with E-state index in [1.54, 1.807) is 13.3 Å². The zero-order valence-electron chi connectivity index (χ0n) is 11.2. The molecule has 104 valence electrons. The monoisotopic (exact) mass is 257 g/mol. The Morgan fingerprint density at radius 1 is 1.17 bits per heavy atom. The van der Waals surface area contributed by atoms with Gasteiger partial charge in [-0.15, -0.1) is 0 Å². The number of nitrogens with zero attached hydrogens (tertiary/aromatic N) is 2. The lowest BCUT2D eigenvalue weighted by molar-refractivity contribution is 0.0229. The molecular weight excluding hydrogens is 234 g/mol. The standard InChI is InChI=1S/C12H23N3O3/c1-13-11-12-14-3-4-15(12)5-6-17-9-10-18-8-7-16-2/h3-4,13H,5-11H2,1-2H3. The van der Waals surface area contributed by atoms with Crippen LogP contribution in [0, 0.1) is 0 Å². The van der Waals surface area contributed by atoms with Crippen molar-refractivity contribution < 1.29 is 14.2 Å². The second-order valence-corrected chi connectivity index (χ2v) is 3.78. The number of rotatable bonds is 11. The molecule has 1 aromatic heterocycles. The molecule has 18 heavy (non-hydrogen) atoms. The highest BCUT2D eigenvalue weighted by Gasteiger charge is 2.00. The molecular formula is C12H23N3O3. The molecule has 0 aliphatic carbocycles. The first-order chi connectivity index (χ1) is 8.88. The van der Waals surface area contributed by atoms with Crippen LogP contribution in [-0.4, -0.2) is 56.7 Å². The molecule has 0 aromatic carbocycles. The number of methoxy groups -OCH3 is 1. The van der Waals surface area contributed by atoms with Crippen molar-refractivity contribution in [2.24, 2.45) is 0 Å². The summed E-state index contributed by atoms with van der Waals surface area (Å²) >= 11 is 0. The molecule has 1 aromatic rings. The second kappa shape index (κ2) is 10.0. The third-order valence-electron chi connectivity index (χ3n) is 2.42. The Morgan fingerprint density at radius 2 is 1.89 bits per heavy atom. The highest BCUT2D eigenvalue weighted by atomic mass is 16.5. The molecule has 0 saturated carbocycles. The average molecular weight is 257 g/mol. The Balaban J connectivity index is 2.01. The van der Waals surface area contributed by atoms with Gasteiger partial charge in [-0.1, -0.05) is 0 Å². The normalized spacial score (nSPS) is 11.0. The lowest BCUT2D eigenvalue weighted by Crippen LogP contribution is -2.15. The van der Waals surface area contributed by atoms with Gasteiger partial charge in [-0.3, -0.25) is 0 Å². The zero-order valence-corrected chi connectivity index (χ0v) is 11.2. The van der Waals surface area contributed by atoms with Crippen LogP contribution in [0.15, 0.2) is 12.4 Å². The van der Waals surface area contributed by atoms with E-state index in [1.807, 2.05) is 13.2 Å². The van der Waals surface area contributed by atoms with Crippen LogP contribution in [0.2, 0.25) is 0 Å². The van der Waals surface area contributed by atoms with Crippen molar-refractivity contribution in [3.05, 3.63) is 18.2 Å². The summed E-state index contributed by atoms with van der Waals surface area (Å²) in [5.41, 5.74) is 0. The first-order valence-electron chi connectivity index (χ1n) is 6.17. The topological polar surface area (TPSA) is 57.5 Å². The minimum absolute atomic E-state index is 0.608. The van der Waals surface area contributed by atoms with Crippen LogP contribution in [-0.2, 0) is 27.3 Å². The molecule has 0 aliphatic rings. The second-order valence-electron chi connectivity index (χ2n) is 3.78. The minimum atomic E-state index is 0.608. The summed E-state index contributed by atoms with van der Waals surface area (Å²) in [5, 5.41) is 3.08. The Labute approximate surface area is 108 Å². The molecule has 0 aliphatic heterocycles. The van der Waals surface area contributed by atoms with Crippen molar-refractivity contribution in [2.75, 3.05) is 47.2 Å². The first kappa shape index (κ1) is 15.1. The fourth-order valence-electron chi connectivity index (χ4n) is 1.50. The molecule has 0 radical (unpaired) electrons. The van der Waals surface area contributed by atoms with Crippen LogP contribution < -0.4 is 5.32 Å². The van der Waals surface area contributed by atoms with Crippen LogP contribution in [0.3, 0.4) is 0 Å². The van der Waals surface area contributed by atoms with Gasteiger partial charge in [0.1, 0.15) is 5.82 Å². The smallest absolute Gasteiger partial charge is 0.122 e. The molecule has 0 saturated heterocycles. The maximum absolute atomic E-state index is 5.49. The summed E-state index contributed by atoms with van der Waals surface area (Å²) in [7, 11) is 3.57. The van der Waals surface area contributed by atoms with Crippen molar-refractivity contribution in [3.8, 4) is 0 Å². The fourth-order valence-corrected chi connectivity index (χ4v) is 1.50. The molecule has 0 unspecified atom stereocenters. The molecule has 6 nitrogen and oxygen atoms in total.